The van der Waals surface area contributed by atoms with Crippen LogP contribution in [-0.2, 0) is 5.41 Å². The van der Waals surface area contributed by atoms with Gasteiger partial charge >= 0.3 is 0 Å². The minimum Gasteiger partial charge on any atom is -0.310 e. The Hall–Kier alpha value is -7.22. The van der Waals surface area contributed by atoms with Crippen LogP contribution >= 0.6 is 0 Å². The first kappa shape index (κ1) is 31.2. The van der Waals surface area contributed by atoms with Crippen LogP contribution in [0.25, 0.3) is 65.7 Å². The summed E-state index contributed by atoms with van der Waals surface area (Å²) in [4.78, 5) is 2.38. The number of para-hydroxylation sites is 1. The van der Waals surface area contributed by atoms with E-state index < -0.39 is 0 Å². The van der Waals surface area contributed by atoms with Crippen LogP contribution in [0.1, 0.15) is 22.3 Å². The van der Waals surface area contributed by atoms with Crippen molar-refractivity contribution in [3.63, 3.8) is 0 Å². The van der Waals surface area contributed by atoms with Crippen molar-refractivity contribution in [1.82, 2.24) is 0 Å². The lowest BCUT2D eigenvalue weighted by atomic mass is 9.70. The highest BCUT2D eigenvalue weighted by Gasteiger charge is 2.51. The zero-order valence-electron chi connectivity index (χ0n) is 30.7. The van der Waals surface area contributed by atoms with Crippen LogP contribution in [-0.4, -0.2) is 0 Å². The maximum absolute atomic E-state index is 2.47. The van der Waals surface area contributed by atoms with E-state index in [9.17, 15) is 0 Å². The van der Waals surface area contributed by atoms with Crippen molar-refractivity contribution >= 4 is 49.4 Å². The molecule has 0 radical (unpaired) electrons. The first-order valence-electron chi connectivity index (χ1n) is 19.5. The van der Waals surface area contributed by atoms with E-state index in [0.717, 1.165) is 17.1 Å². The Morgan fingerprint density at radius 3 is 1.23 bits per heavy atom. The molecule has 0 atom stereocenters. The fourth-order valence-electron chi connectivity index (χ4n) is 10.1. The maximum Gasteiger partial charge on any atom is 0.0725 e. The Labute approximate surface area is 326 Å². The molecule has 10 aromatic rings. The molecule has 0 aliphatic heterocycles. The lowest BCUT2D eigenvalue weighted by Gasteiger charge is -2.30. The van der Waals surface area contributed by atoms with Crippen LogP contribution in [0.15, 0.2) is 212 Å². The second-order valence-electron chi connectivity index (χ2n) is 15.2. The lowest BCUT2D eigenvalue weighted by Crippen LogP contribution is -2.25. The van der Waals surface area contributed by atoms with Gasteiger partial charge in [0.25, 0.3) is 0 Å². The third-order valence-electron chi connectivity index (χ3n) is 12.5. The van der Waals surface area contributed by atoms with E-state index in [-0.39, 0.29) is 5.41 Å². The molecule has 10 aromatic carbocycles. The first-order valence-corrected chi connectivity index (χ1v) is 19.5. The van der Waals surface area contributed by atoms with Gasteiger partial charge in [0.2, 0.25) is 0 Å². The molecule has 0 N–H and O–H groups in total. The fraction of sp³-hybridized carbons (Fsp3) is 0.0182. The van der Waals surface area contributed by atoms with E-state index in [2.05, 4.69) is 217 Å². The molecule has 260 valence electrons. The average Bonchev–Trinajstić information content (AvgIpc) is 3.74. The van der Waals surface area contributed by atoms with Crippen LogP contribution in [0.5, 0.6) is 0 Å². The first-order chi connectivity index (χ1) is 27.8. The highest BCUT2D eigenvalue weighted by Crippen LogP contribution is 2.63. The minimum absolute atomic E-state index is 0.356. The van der Waals surface area contributed by atoms with Crippen LogP contribution < -0.4 is 4.90 Å². The van der Waals surface area contributed by atoms with Gasteiger partial charge in [0, 0.05) is 17.1 Å². The number of nitrogens with zero attached hydrogens (tertiary/aromatic N) is 1. The normalized spacial score (nSPS) is 13.1. The molecule has 1 nitrogen and oxygen atoms in total. The van der Waals surface area contributed by atoms with Crippen molar-refractivity contribution in [2.24, 2.45) is 0 Å². The van der Waals surface area contributed by atoms with Crippen LogP contribution in [0.4, 0.5) is 17.1 Å². The van der Waals surface area contributed by atoms with Crippen molar-refractivity contribution in [3.05, 3.63) is 235 Å². The van der Waals surface area contributed by atoms with Gasteiger partial charge in [0.15, 0.2) is 0 Å². The van der Waals surface area contributed by atoms with E-state index >= 15 is 0 Å². The predicted octanol–water partition coefficient (Wildman–Crippen LogP) is 14.6. The largest absolute Gasteiger partial charge is 0.310 e. The molecule has 0 saturated carbocycles. The lowest BCUT2D eigenvalue weighted by molar-refractivity contribution is 0.794. The van der Waals surface area contributed by atoms with Gasteiger partial charge in [0.05, 0.1) is 5.41 Å². The van der Waals surface area contributed by atoms with Gasteiger partial charge in [0.1, 0.15) is 0 Å². The monoisotopic (exact) mass is 709 g/mol. The third-order valence-corrected chi connectivity index (χ3v) is 12.5. The Kier molecular flexibility index (Phi) is 6.62. The highest BCUT2D eigenvalue weighted by atomic mass is 15.1. The molecule has 0 unspecified atom stereocenters. The number of benzene rings is 10. The summed E-state index contributed by atoms with van der Waals surface area (Å²) in [5, 5.41) is 7.67. The molecule has 1 heteroatoms. The third kappa shape index (κ3) is 4.26. The van der Waals surface area contributed by atoms with Gasteiger partial charge < -0.3 is 4.90 Å². The highest BCUT2D eigenvalue weighted by molar-refractivity contribution is 6.25. The zero-order valence-corrected chi connectivity index (χ0v) is 30.7. The standard InChI is InChI=1S/C55H35N/c1-2-14-38(15-3-1)56(40-31-33-45-43-18-5-4-16-41(43)42-17-6-7-19-44(42)50(45)35-40)39-29-26-36(27-30-39)37-28-32-49-48-22-10-13-25-53(48)55(54(49)34-37)51-23-11-8-20-46(51)47-21-9-12-24-52(47)55/h1-35H. The van der Waals surface area contributed by atoms with Gasteiger partial charge in [-0.15, -0.1) is 0 Å². The number of fused-ring (bicyclic) bond motifs is 16. The number of hydrogen-bond donors (Lipinski definition) is 0. The number of rotatable bonds is 4. The summed E-state index contributed by atoms with van der Waals surface area (Å²) in [6.07, 6.45) is 0. The second kappa shape index (κ2) is 11.9. The average molecular weight is 710 g/mol. The summed E-state index contributed by atoms with van der Waals surface area (Å²) < 4.78 is 0. The molecule has 0 bridgehead atoms. The predicted molar refractivity (Wildman–Crippen MR) is 235 cm³/mol. The van der Waals surface area contributed by atoms with Crippen LogP contribution in [0, 0.1) is 0 Å². The minimum atomic E-state index is -0.356. The van der Waals surface area contributed by atoms with Crippen molar-refractivity contribution in [2.75, 3.05) is 4.90 Å². The maximum atomic E-state index is 2.47. The Morgan fingerprint density at radius 2 is 0.661 bits per heavy atom. The molecule has 0 fully saturated rings. The smallest absolute Gasteiger partial charge is 0.0725 e. The molecule has 0 aromatic heterocycles. The summed E-state index contributed by atoms with van der Waals surface area (Å²) >= 11 is 0. The van der Waals surface area contributed by atoms with Crippen LogP contribution in [0.2, 0.25) is 0 Å². The molecule has 1 spiro atoms. The number of hydrogen-bond acceptors (Lipinski definition) is 1. The topological polar surface area (TPSA) is 3.24 Å². The Morgan fingerprint density at radius 1 is 0.250 bits per heavy atom. The van der Waals surface area contributed by atoms with E-state index in [1.807, 2.05) is 0 Å². The van der Waals surface area contributed by atoms with Crippen molar-refractivity contribution < 1.29 is 0 Å². The van der Waals surface area contributed by atoms with Gasteiger partial charge in [-0.1, -0.05) is 170 Å². The quantitative estimate of drug-likeness (QED) is 0.164. The van der Waals surface area contributed by atoms with Crippen molar-refractivity contribution in [1.29, 1.82) is 0 Å². The summed E-state index contributed by atoms with van der Waals surface area (Å²) in [6, 6.07) is 78.6. The van der Waals surface area contributed by atoms with Crippen LogP contribution in [0.3, 0.4) is 0 Å². The second-order valence-corrected chi connectivity index (χ2v) is 15.2. The van der Waals surface area contributed by atoms with Gasteiger partial charge in [-0.05, 0) is 130 Å². The molecule has 2 aliphatic carbocycles. The molecular formula is C55H35N. The summed E-state index contributed by atoms with van der Waals surface area (Å²) in [6.45, 7) is 0. The van der Waals surface area contributed by atoms with E-state index in [1.54, 1.807) is 0 Å². The molecule has 12 rings (SSSR count). The number of anilines is 3. The molecule has 0 saturated heterocycles. The molecule has 56 heavy (non-hydrogen) atoms. The Balaban J connectivity index is 1.01. The molecule has 0 amide bonds. The SMILES string of the molecule is c1ccc(N(c2ccc(-c3ccc4c(c3)C3(c5ccccc5-c5ccccc53)c3ccccc3-4)cc2)c2ccc3c4ccccc4c4ccccc4c3c2)cc1. The fourth-order valence-corrected chi connectivity index (χ4v) is 10.1. The summed E-state index contributed by atoms with van der Waals surface area (Å²) in [5.74, 6) is 0. The van der Waals surface area contributed by atoms with Gasteiger partial charge in [-0.3, -0.25) is 0 Å². The Bertz CT molecular complexity index is 3090. The molecular weight excluding hydrogens is 675 g/mol. The van der Waals surface area contributed by atoms with Gasteiger partial charge in [-0.25, -0.2) is 0 Å². The van der Waals surface area contributed by atoms with E-state index in [0.29, 0.717) is 0 Å². The molecule has 2 aliphatic rings. The van der Waals surface area contributed by atoms with E-state index in [1.165, 1.54) is 88.0 Å². The van der Waals surface area contributed by atoms with Crippen molar-refractivity contribution in [3.8, 4) is 33.4 Å². The van der Waals surface area contributed by atoms with Gasteiger partial charge in [-0.2, -0.15) is 0 Å². The summed E-state index contributed by atoms with van der Waals surface area (Å²) in [5.41, 5.74) is 16.2. The van der Waals surface area contributed by atoms with Crippen molar-refractivity contribution in [2.45, 2.75) is 5.41 Å². The van der Waals surface area contributed by atoms with E-state index in [4.69, 9.17) is 0 Å². The summed E-state index contributed by atoms with van der Waals surface area (Å²) in [7, 11) is 0. The molecule has 0 heterocycles. The zero-order chi connectivity index (χ0) is 36.8.